The first kappa shape index (κ1) is 14.9. The van der Waals surface area contributed by atoms with Gasteiger partial charge in [-0.1, -0.05) is 30.3 Å². The zero-order valence-electron chi connectivity index (χ0n) is 12.0. The van der Waals surface area contributed by atoms with Crippen molar-refractivity contribution < 1.29 is 18.3 Å². The Kier molecular flexibility index (Phi) is 4.65. The van der Waals surface area contributed by atoms with Crippen molar-refractivity contribution >= 4 is 0 Å². The summed E-state index contributed by atoms with van der Waals surface area (Å²) in [5.74, 6) is -1.33. The van der Waals surface area contributed by atoms with Crippen LogP contribution in [0.3, 0.4) is 0 Å². The van der Waals surface area contributed by atoms with E-state index in [0.717, 1.165) is 18.2 Å². The van der Waals surface area contributed by atoms with Crippen molar-refractivity contribution in [3.8, 4) is 5.75 Å². The molecular formula is C17H17F2NO2. The van der Waals surface area contributed by atoms with E-state index in [1.807, 2.05) is 30.3 Å². The lowest BCUT2D eigenvalue weighted by atomic mass is 10.0. The largest absolute Gasteiger partial charge is 0.480 e. The van der Waals surface area contributed by atoms with Crippen molar-refractivity contribution in [3.05, 3.63) is 65.7 Å². The highest BCUT2D eigenvalue weighted by atomic mass is 19.1. The van der Waals surface area contributed by atoms with E-state index in [-0.39, 0.29) is 11.9 Å². The van der Waals surface area contributed by atoms with Crippen LogP contribution in [0.25, 0.3) is 0 Å². The number of hydrogen-bond acceptors (Lipinski definition) is 3. The lowest BCUT2D eigenvalue weighted by Crippen LogP contribution is -2.43. The molecule has 2 atom stereocenters. The molecule has 2 aromatic rings. The second kappa shape index (κ2) is 6.85. The van der Waals surface area contributed by atoms with Crippen LogP contribution in [0.1, 0.15) is 11.7 Å². The number of nitrogens with one attached hydrogen (secondary N) is 1. The van der Waals surface area contributed by atoms with Crippen LogP contribution in [0, 0.1) is 11.6 Å². The first-order chi connectivity index (χ1) is 10.7. The van der Waals surface area contributed by atoms with Crippen LogP contribution in [0.5, 0.6) is 5.75 Å². The zero-order valence-corrected chi connectivity index (χ0v) is 12.0. The van der Waals surface area contributed by atoms with Gasteiger partial charge in [-0.25, -0.2) is 8.78 Å². The summed E-state index contributed by atoms with van der Waals surface area (Å²) in [7, 11) is 0. The van der Waals surface area contributed by atoms with Crippen molar-refractivity contribution in [1.82, 2.24) is 5.32 Å². The van der Waals surface area contributed by atoms with Gasteiger partial charge in [0.25, 0.3) is 0 Å². The van der Waals surface area contributed by atoms with Crippen LogP contribution in [0.15, 0.2) is 48.5 Å². The molecule has 5 heteroatoms. The van der Waals surface area contributed by atoms with E-state index in [0.29, 0.717) is 13.2 Å². The molecule has 1 aliphatic heterocycles. The Morgan fingerprint density at radius 3 is 2.64 bits per heavy atom. The molecular weight excluding hydrogens is 288 g/mol. The summed E-state index contributed by atoms with van der Waals surface area (Å²) in [6.07, 6.45) is -0.699. The van der Waals surface area contributed by atoms with E-state index in [1.165, 1.54) is 12.1 Å². The minimum absolute atomic E-state index is 0.0180. The van der Waals surface area contributed by atoms with Gasteiger partial charge in [-0.15, -0.1) is 0 Å². The molecule has 116 valence electrons. The van der Waals surface area contributed by atoms with Crippen LogP contribution in [0.4, 0.5) is 8.78 Å². The summed E-state index contributed by atoms with van der Waals surface area (Å²) >= 11 is 0. The van der Waals surface area contributed by atoms with Crippen molar-refractivity contribution in [2.45, 2.75) is 12.2 Å². The molecule has 3 nitrogen and oxygen atoms in total. The Balaban J connectivity index is 1.87. The maximum absolute atomic E-state index is 13.9. The molecule has 1 saturated heterocycles. The fraction of sp³-hybridized carbons (Fsp3) is 0.294. The Hall–Kier alpha value is -1.98. The van der Waals surface area contributed by atoms with Gasteiger partial charge in [-0.05, 0) is 17.7 Å². The van der Waals surface area contributed by atoms with Crippen molar-refractivity contribution in [3.63, 3.8) is 0 Å². The van der Waals surface area contributed by atoms with Gasteiger partial charge < -0.3 is 14.8 Å². The normalized spacial score (nSPS) is 19.6. The molecule has 0 saturated carbocycles. The lowest BCUT2D eigenvalue weighted by molar-refractivity contribution is -0.0442. The summed E-state index contributed by atoms with van der Waals surface area (Å²) in [6, 6.07) is 12.8. The lowest BCUT2D eigenvalue weighted by Gasteiger charge is -2.31. The molecule has 0 aromatic heterocycles. The van der Waals surface area contributed by atoms with E-state index in [9.17, 15) is 8.78 Å². The molecule has 1 fully saturated rings. The molecule has 1 heterocycles. The highest BCUT2D eigenvalue weighted by Crippen LogP contribution is 2.29. The Morgan fingerprint density at radius 2 is 1.95 bits per heavy atom. The second-order valence-corrected chi connectivity index (χ2v) is 5.14. The fourth-order valence-corrected chi connectivity index (χ4v) is 2.49. The number of hydrogen-bond donors (Lipinski definition) is 1. The molecule has 3 rings (SSSR count). The number of morpholine rings is 1. The van der Waals surface area contributed by atoms with Crippen LogP contribution in [-0.2, 0) is 4.74 Å². The molecule has 0 spiro atoms. The number of halogens is 2. The summed E-state index contributed by atoms with van der Waals surface area (Å²) < 4.78 is 38.5. The standard InChI is InChI=1S/C17H17F2NO2/c18-13-6-7-15(14(19)10-13)22-17(12-4-2-1-3-5-12)16-11-20-8-9-21-16/h1-7,10,16-17,20H,8-9,11H2/t16-,17-/m0/s1. The Bertz CT molecular complexity index is 615. The van der Waals surface area contributed by atoms with Crippen molar-refractivity contribution in [2.24, 2.45) is 0 Å². The first-order valence-electron chi connectivity index (χ1n) is 7.23. The van der Waals surface area contributed by atoms with Gasteiger partial charge in [0.15, 0.2) is 17.7 Å². The molecule has 0 unspecified atom stereocenters. The van der Waals surface area contributed by atoms with E-state index in [2.05, 4.69) is 5.32 Å². The van der Waals surface area contributed by atoms with E-state index in [1.54, 1.807) is 0 Å². The molecule has 0 bridgehead atoms. The molecule has 2 aromatic carbocycles. The molecule has 0 radical (unpaired) electrons. The summed E-state index contributed by atoms with van der Waals surface area (Å²) in [4.78, 5) is 0. The van der Waals surface area contributed by atoms with E-state index in [4.69, 9.17) is 9.47 Å². The van der Waals surface area contributed by atoms with Crippen LogP contribution in [0.2, 0.25) is 0 Å². The van der Waals surface area contributed by atoms with Crippen LogP contribution in [-0.4, -0.2) is 25.8 Å². The van der Waals surface area contributed by atoms with E-state index < -0.39 is 17.7 Å². The van der Waals surface area contributed by atoms with Gasteiger partial charge >= 0.3 is 0 Å². The average molecular weight is 305 g/mol. The third-order valence-corrected chi connectivity index (χ3v) is 3.57. The predicted octanol–water partition coefficient (Wildman–Crippen LogP) is 3.07. The highest BCUT2D eigenvalue weighted by Gasteiger charge is 2.28. The summed E-state index contributed by atoms with van der Waals surface area (Å²) in [6.45, 7) is 1.97. The zero-order chi connectivity index (χ0) is 15.4. The smallest absolute Gasteiger partial charge is 0.168 e. The quantitative estimate of drug-likeness (QED) is 0.941. The van der Waals surface area contributed by atoms with Crippen LogP contribution >= 0.6 is 0 Å². The monoisotopic (exact) mass is 305 g/mol. The van der Waals surface area contributed by atoms with Gasteiger partial charge in [0.1, 0.15) is 11.9 Å². The third-order valence-electron chi connectivity index (χ3n) is 3.57. The van der Waals surface area contributed by atoms with Crippen molar-refractivity contribution in [2.75, 3.05) is 19.7 Å². The molecule has 0 aliphatic carbocycles. The third kappa shape index (κ3) is 3.43. The SMILES string of the molecule is Fc1ccc(O[C@@H](c2ccccc2)[C@@H]2CNCCO2)c(F)c1. The first-order valence-corrected chi connectivity index (χ1v) is 7.23. The Labute approximate surface area is 127 Å². The number of benzene rings is 2. The maximum atomic E-state index is 13.9. The molecule has 0 amide bonds. The fourth-order valence-electron chi connectivity index (χ4n) is 2.49. The predicted molar refractivity (Wildman–Crippen MR) is 78.8 cm³/mol. The van der Waals surface area contributed by atoms with Gasteiger partial charge in [0, 0.05) is 19.2 Å². The minimum Gasteiger partial charge on any atom is -0.480 e. The highest BCUT2D eigenvalue weighted by molar-refractivity contribution is 5.27. The Morgan fingerprint density at radius 1 is 1.14 bits per heavy atom. The van der Waals surface area contributed by atoms with Gasteiger partial charge in [0.2, 0.25) is 0 Å². The molecule has 1 N–H and O–H groups in total. The van der Waals surface area contributed by atoms with Gasteiger partial charge in [-0.2, -0.15) is 0 Å². The molecule has 22 heavy (non-hydrogen) atoms. The topological polar surface area (TPSA) is 30.5 Å². The van der Waals surface area contributed by atoms with Crippen LogP contribution < -0.4 is 10.1 Å². The second-order valence-electron chi connectivity index (χ2n) is 5.14. The maximum Gasteiger partial charge on any atom is 0.168 e. The average Bonchev–Trinajstić information content (AvgIpc) is 2.56. The summed E-state index contributed by atoms with van der Waals surface area (Å²) in [5.41, 5.74) is 0.889. The summed E-state index contributed by atoms with van der Waals surface area (Å²) in [5, 5.41) is 3.24. The number of rotatable bonds is 4. The van der Waals surface area contributed by atoms with Gasteiger partial charge in [-0.3, -0.25) is 0 Å². The molecule has 1 aliphatic rings. The minimum atomic E-state index is -0.718. The van der Waals surface area contributed by atoms with E-state index >= 15 is 0 Å². The van der Waals surface area contributed by atoms with Gasteiger partial charge in [0.05, 0.1) is 6.61 Å². The van der Waals surface area contributed by atoms with Crippen molar-refractivity contribution in [1.29, 1.82) is 0 Å². The number of ether oxygens (including phenoxy) is 2.